The van der Waals surface area contributed by atoms with Crippen molar-refractivity contribution in [3.8, 4) is 17.6 Å². The summed E-state index contributed by atoms with van der Waals surface area (Å²) in [4.78, 5) is 23.8. The lowest BCUT2D eigenvalue weighted by Gasteiger charge is -2.10. The first-order chi connectivity index (χ1) is 14.5. The van der Waals surface area contributed by atoms with Crippen molar-refractivity contribution in [2.75, 3.05) is 17.2 Å². The molecule has 0 saturated heterocycles. The zero-order valence-electron chi connectivity index (χ0n) is 15.7. The molecule has 0 heterocycles. The third kappa shape index (κ3) is 6.07. The normalized spacial score (nSPS) is 9.87. The minimum Gasteiger partial charge on any atom is -0.457 e. The average Bonchev–Trinajstić information content (AvgIpc) is 2.74. The minimum absolute atomic E-state index is 0.276. The molecule has 7 nitrogen and oxygen atoms in total. The second-order valence-electron chi connectivity index (χ2n) is 6.13. The van der Waals surface area contributed by atoms with Crippen LogP contribution in [0.15, 0.2) is 72.8 Å². The Labute approximate surface area is 172 Å². The highest BCUT2D eigenvalue weighted by molar-refractivity contribution is 5.96. The number of carbonyl (C=O) groups is 2. The lowest BCUT2D eigenvalue weighted by atomic mass is 10.2. The highest BCUT2D eigenvalue weighted by Crippen LogP contribution is 2.23. The maximum absolute atomic E-state index is 13.1. The Morgan fingerprint density at radius 3 is 2.20 bits per heavy atom. The smallest absolute Gasteiger partial charge is 0.319 e. The van der Waals surface area contributed by atoms with Crippen LogP contribution >= 0.6 is 0 Å². The molecule has 0 aromatic heterocycles. The van der Waals surface area contributed by atoms with Crippen molar-refractivity contribution in [1.82, 2.24) is 5.32 Å². The van der Waals surface area contributed by atoms with Gasteiger partial charge in [0, 0.05) is 11.4 Å². The molecule has 0 fully saturated rings. The number of rotatable bonds is 6. The van der Waals surface area contributed by atoms with Crippen LogP contribution in [-0.4, -0.2) is 18.5 Å². The number of nitriles is 1. The van der Waals surface area contributed by atoms with Crippen LogP contribution < -0.4 is 20.7 Å². The number of nitrogens with zero attached hydrogens (tertiary/aromatic N) is 1. The fourth-order valence-corrected chi connectivity index (χ4v) is 2.45. The lowest BCUT2D eigenvalue weighted by molar-refractivity contribution is -0.115. The molecule has 8 heteroatoms. The first-order valence-corrected chi connectivity index (χ1v) is 8.90. The topological polar surface area (TPSA) is 103 Å². The Morgan fingerprint density at radius 1 is 0.900 bits per heavy atom. The van der Waals surface area contributed by atoms with Gasteiger partial charge in [-0.1, -0.05) is 6.07 Å². The summed E-state index contributed by atoms with van der Waals surface area (Å²) >= 11 is 0. The standard InChI is InChI=1S/C22H17FN4O3/c23-16-2-1-3-18(12-16)26-21(28)14-25-22(29)27-17-6-10-20(11-7-17)30-19-8-4-15(13-24)5-9-19/h1-12H,14H2,(H,26,28)(H2,25,27,29). The quantitative estimate of drug-likeness (QED) is 0.571. The highest BCUT2D eigenvalue weighted by Gasteiger charge is 2.07. The predicted octanol–water partition coefficient (Wildman–Crippen LogP) is 4.25. The lowest BCUT2D eigenvalue weighted by Crippen LogP contribution is -2.35. The van der Waals surface area contributed by atoms with E-state index in [0.717, 1.165) is 0 Å². The van der Waals surface area contributed by atoms with Crippen molar-refractivity contribution in [2.45, 2.75) is 0 Å². The molecule has 0 bridgehead atoms. The number of anilines is 2. The number of ether oxygens (including phenoxy) is 1. The molecular weight excluding hydrogens is 387 g/mol. The van der Waals surface area contributed by atoms with Gasteiger partial charge in [0.25, 0.3) is 0 Å². The fourth-order valence-electron chi connectivity index (χ4n) is 2.45. The molecule has 0 aliphatic carbocycles. The number of hydrogen-bond donors (Lipinski definition) is 3. The Hall–Kier alpha value is -4.38. The van der Waals surface area contributed by atoms with Gasteiger partial charge in [-0.3, -0.25) is 4.79 Å². The van der Waals surface area contributed by atoms with Crippen LogP contribution in [0.3, 0.4) is 0 Å². The van der Waals surface area contributed by atoms with Gasteiger partial charge in [-0.05, 0) is 66.7 Å². The molecule has 0 saturated carbocycles. The summed E-state index contributed by atoms with van der Waals surface area (Å²) in [6.07, 6.45) is 0. The van der Waals surface area contributed by atoms with E-state index in [1.54, 1.807) is 54.6 Å². The van der Waals surface area contributed by atoms with Gasteiger partial charge in [-0.25, -0.2) is 9.18 Å². The molecule has 30 heavy (non-hydrogen) atoms. The van der Waals surface area contributed by atoms with Gasteiger partial charge in [0.1, 0.15) is 17.3 Å². The van der Waals surface area contributed by atoms with Crippen molar-refractivity contribution >= 4 is 23.3 Å². The maximum Gasteiger partial charge on any atom is 0.319 e. The van der Waals surface area contributed by atoms with Crippen LogP contribution in [0, 0.1) is 17.1 Å². The van der Waals surface area contributed by atoms with Gasteiger partial charge in [-0.2, -0.15) is 5.26 Å². The van der Waals surface area contributed by atoms with E-state index in [-0.39, 0.29) is 6.54 Å². The largest absolute Gasteiger partial charge is 0.457 e. The summed E-state index contributed by atoms with van der Waals surface area (Å²) in [6, 6.07) is 20.2. The third-order valence-electron chi connectivity index (χ3n) is 3.85. The summed E-state index contributed by atoms with van der Waals surface area (Å²) in [5, 5.41) is 16.3. The third-order valence-corrected chi connectivity index (χ3v) is 3.85. The van der Waals surface area contributed by atoms with Crippen molar-refractivity contribution in [3.05, 3.63) is 84.2 Å². The van der Waals surface area contributed by atoms with E-state index in [9.17, 15) is 14.0 Å². The van der Waals surface area contributed by atoms with E-state index in [0.29, 0.717) is 28.4 Å². The monoisotopic (exact) mass is 404 g/mol. The summed E-state index contributed by atoms with van der Waals surface area (Å²) in [5.41, 5.74) is 1.35. The molecule has 3 aromatic rings. The summed E-state index contributed by atoms with van der Waals surface area (Å²) in [5.74, 6) is 0.184. The Kier molecular flexibility index (Phi) is 6.59. The average molecular weight is 404 g/mol. The summed E-state index contributed by atoms with van der Waals surface area (Å²) in [7, 11) is 0. The van der Waals surface area contributed by atoms with Crippen molar-refractivity contribution < 1.29 is 18.7 Å². The molecule has 0 unspecified atom stereocenters. The molecular formula is C22H17FN4O3. The van der Waals surface area contributed by atoms with Gasteiger partial charge in [0.15, 0.2) is 0 Å². The van der Waals surface area contributed by atoms with Gasteiger partial charge in [0.2, 0.25) is 5.91 Å². The number of urea groups is 1. The fraction of sp³-hybridized carbons (Fsp3) is 0.0455. The zero-order valence-corrected chi connectivity index (χ0v) is 15.7. The SMILES string of the molecule is N#Cc1ccc(Oc2ccc(NC(=O)NCC(=O)Nc3cccc(F)c3)cc2)cc1. The highest BCUT2D eigenvalue weighted by atomic mass is 19.1. The van der Waals surface area contributed by atoms with Gasteiger partial charge in [-0.15, -0.1) is 0 Å². The minimum atomic E-state index is -0.565. The van der Waals surface area contributed by atoms with Crippen molar-refractivity contribution in [2.24, 2.45) is 0 Å². The second-order valence-corrected chi connectivity index (χ2v) is 6.13. The molecule has 150 valence electrons. The van der Waals surface area contributed by atoms with Gasteiger partial charge >= 0.3 is 6.03 Å². The Bertz CT molecular complexity index is 1080. The number of nitrogens with one attached hydrogen (secondary N) is 3. The molecule has 3 N–H and O–H groups in total. The number of amides is 3. The van der Waals surface area contributed by atoms with E-state index >= 15 is 0 Å². The second kappa shape index (κ2) is 9.71. The molecule has 0 aliphatic heterocycles. The zero-order chi connectivity index (χ0) is 21.3. The summed E-state index contributed by atoms with van der Waals surface area (Å²) in [6.45, 7) is -0.276. The number of halogens is 1. The van der Waals surface area contributed by atoms with E-state index < -0.39 is 17.8 Å². The molecule has 3 amide bonds. The first-order valence-electron chi connectivity index (χ1n) is 8.90. The molecule has 0 spiro atoms. The van der Waals surface area contributed by atoms with Gasteiger partial charge in [0.05, 0.1) is 18.2 Å². The maximum atomic E-state index is 13.1. The molecule has 3 rings (SSSR count). The molecule has 0 radical (unpaired) electrons. The van der Waals surface area contributed by atoms with Gasteiger partial charge < -0.3 is 20.7 Å². The summed E-state index contributed by atoms with van der Waals surface area (Å²) < 4.78 is 18.8. The number of benzene rings is 3. The van der Waals surface area contributed by atoms with Crippen LogP contribution in [0.5, 0.6) is 11.5 Å². The van der Waals surface area contributed by atoms with Crippen LogP contribution in [0.1, 0.15) is 5.56 Å². The van der Waals surface area contributed by atoms with Crippen LogP contribution in [0.25, 0.3) is 0 Å². The Balaban J connectivity index is 1.45. The molecule has 3 aromatic carbocycles. The molecule has 0 atom stereocenters. The van der Waals surface area contributed by atoms with Crippen molar-refractivity contribution in [1.29, 1.82) is 5.26 Å². The van der Waals surface area contributed by atoms with Crippen LogP contribution in [-0.2, 0) is 4.79 Å². The van der Waals surface area contributed by atoms with Crippen molar-refractivity contribution in [3.63, 3.8) is 0 Å². The van der Waals surface area contributed by atoms with E-state index in [2.05, 4.69) is 16.0 Å². The molecule has 0 aliphatic rings. The predicted molar refractivity (Wildman–Crippen MR) is 110 cm³/mol. The first kappa shape index (κ1) is 20.4. The van der Waals surface area contributed by atoms with Crippen LogP contribution in [0.4, 0.5) is 20.6 Å². The van der Waals surface area contributed by atoms with E-state index in [1.807, 2.05) is 6.07 Å². The van der Waals surface area contributed by atoms with Crippen LogP contribution in [0.2, 0.25) is 0 Å². The van der Waals surface area contributed by atoms with E-state index in [1.165, 1.54) is 18.2 Å². The number of carbonyl (C=O) groups excluding carboxylic acids is 2. The number of hydrogen-bond acceptors (Lipinski definition) is 4. The van der Waals surface area contributed by atoms with E-state index in [4.69, 9.17) is 10.00 Å². The Morgan fingerprint density at radius 2 is 1.57 bits per heavy atom.